The van der Waals surface area contributed by atoms with Crippen molar-refractivity contribution in [3.05, 3.63) is 47.3 Å². The number of fused-ring (bicyclic) bond motifs is 2. The van der Waals surface area contributed by atoms with Crippen LogP contribution in [-0.2, 0) is 19.6 Å². The molecule has 0 fully saturated rings. The highest BCUT2D eigenvalue weighted by Crippen LogP contribution is 2.15. The predicted molar refractivity (Wildman–Crippen MR) is 101 cm³/mol. The number of nitrogens with one attached hydrogen (secondary N) is 1. The van der Waals surface area contributed by atoms with Crippen LogP contribution < -0.4 is 5.32 Å². The minimum absolute atomic E-state index is 0.163. The van der Waals surface area contributed by atoms with Gasteiger partial charge in [0, 0.05) is 32.0 Å². The summed E-state index contributed by atoms with van der Waals surface area (Å²) in [6, 6.07) is 3.90. The van der Waals surface area contributed by atoms with Gasteiger partial charge in [-0.25, -0.2) is 9.97 Å². The lowest BCUT2D eigenvalue weighted by Crippen LogP contribution is -2.25. The van der Waals surface area contributed by atoms with Gasteiger partial charge in [0.2, 0.25) is 5.78 Å². The predicted octanol–water partition coefficient (Wildman–Crippen LogP) is 1.78. The number of nitrogens with zero attached hydrogens (tertiary/aromatic N) is 6. The van der Waals surface area contributed by atoms with E-state index in [1.165, 1.54) is 5.69 Å². The molecule has 0 bridgehead atoms. The quantitative estimate of drug-likeness (QED) is 0.743. The fraction of sp³-hybridized carbons (Fsp3) is 0.474. The first-order valence-corrected chi connectivity index (χ1v) is 9.51. The van der Waals surface area contributed by atoms with Gasteiger partial charge in [-0.15, -0.1) is 0 Å². The first-order valence-electron chi connectivity index (χ1n) is 9.51. The largest absolute Gasteiger partial charge is 0.345 e. The maximum absolute atomic E-state index is 12.7. The summed E-state index contributed by atoms with van der Waals surface area (Å²) in [6.07, 6.45) is 5.74. The SMILES string of the molecule is CCCN1CCCn2nc(CNC(=O)c3c(C)nc4ncccn34)cc2C1. The van der Waals surface area contributed by atoms with Crippen LogP contribution in [0.4, 0.5) is 0 Å². The summed E-state index contributed by atoms with van der Waals surface area (Å²) in [5.41, 5.74) is 3.30. The van der Waals surface area contributed by atoms with Crippen LogP contribution in [0.5, 0.6) is 0 Å². The standard InChI is InChI=1S/C19H25N7O/c1-3-7-24-8-5-10-26-16(13-24)11-15(23-26)12-21-18(27)17-14(2)22-19-20-6-4-9-25(17)19/h4,6,9,11H,3,5,7-8,10,12-13H2,1-2H3,(H,21,27). The Labute approximate surface area is 158 Å². The number of carbonyl (C=O) groups is 1. The fourth-order valence-corrected chi connectivity index (χ4v) is 3.71. The van der Waals surface area contributed by atoms with E-state index in [4.69, 9.17) is 0 Å². The Morgan fingerprint density at radius 3 is 3.07 bits per heavy atom. The molecule has 1 amide bonds. The summed E-state index contributed by atoms with van der Waals surface area (Å²) in [6.45, 7) is 8.52. The number of aryl methyl sites for hydroxylation is 2. The Balaban J connectivity index is 1.47. The van der Waals surface area contributed by atoms with Crippen LogP contribution in [0, 0.1) is 6.92 Å². The molecule has 0 atom stereocenters. The summed E-state index contributed by atoms with van der Waals surface area (Å²) in [5.74, 6) is 0.369. The summed E-state index contributed by atoms with van der Waals surface area (Å²) in [7, 11) is 0. The van der Waals surface area contributed by atoms with Crippen LogP contribution in [-0.4, -0.2) is 48.0 Å². The molecule has 0 aromatic carbocycles. The zero-order valence-corrected chi connectivity index (χ0v) is 15.9. The number of imidazole rings is 1. The topological polar surface area (TPSA) is 80.3 Å². The maximum atomic E-state index is 12.7. The second-order valence-electron chi connectivity index (χ2n) is 7.00. The minimum Gasteiger partial charge on any atom is -0.345 e. The van der Waals surface area contributed by atoms with E-state index in [0.717, 1.165) is 44.7 Å². The monoisotopic (exact) mass is 367 g/mol. The van der Waals surface area contributed by atoms with Crippen LogP contribution in [0.25, 0.3) is 5.78 Å². The van der Waals surface area contributed by atoms with Crippen molar-refractivity contribution in [1.29, 1.82) is 0 Å². The molecule has 8 heteroatoms. The van der Waals surface area contributed by atoms with E-state index in [-0.39, 0.29) is 5.91 Å². The Bertz CT molecular complexity index is 958. The van der Waals surface area contributed by atoms with E-state index >= 15 is 0 Å². The first-order chi connectivity index (χ1) is 13.2. The van der Waals surface area contributed by atoms with Crippen molar-refractivity contribution in [1.82, 2.24) is 34.4 Å². The van der Waals surface area contributed by atoms with E-state index < -0.39 is 0 Å². The van der Waals surface area contributed by atoms with Crippen molar-refractivity contribution < 1.29 is 4.79 Å². The molecule has 1 aliphatic heterocycles. The van der Waals surface area contributed by atoms with Gasteiger partial charge in [-0.1, -0.05) is 6.92 Å². The van der Waals surface area contributed by atoms with Crippen LogP contribution in [0.1, 0.15) is 47.3 Å². The van der Waals surface area contributed by atoms with Gasteiger partial charge in [0.15, 0.2) is 0 Å². The summed E-state index contributed by atoms with van der Waals surface area (Å²) in [5, 5.41) is 7.66. The number of hydrogen-bond acceptors (Lipinski definition) is 5. The number of carbonyl (C=O) groups excluding carboxylic acids is 1. The molecule has 0 radical (unpaired) electrons. The highest BCUT2D eigenvalue weighted by atomic mass is 16.2. The first kappa shape index (κ1) is 17.7. The van der Waals surface area contributed by atoms with Crippen LogP contribution in [0.15, 0.2) is 24.5 Å². The van der Waals surface area contributed by atoms with E-state index in [2.05, 4.69) is 43.0 Å². The third-order valence-electron chi connectivity index (χ3n) is 4.91. The van der Waals surface area contributed by atoms with Gasteiger partial charge in [-0.05, 0) is 38.4 Å². The molecule has 0 unspecified atom stereocenters. The molecular formula is C19H25N7O. The smallest absolute Gasteiger partial charge is 0.270 e. The second-order valence-corrected chi connectivity index (χ2v) is 7.00. The van der Waals surface area contributed by atoms with Crippen molar-refractivity contribution in [3.63, 3.8) is 0 Å². The van der Waals surface area contributed by atoms with E-state index in [0.29, 0.717) is 23.7 Å². The number of rotatable bonds is 5. The highest BCUT2D eigenvalue weighted by Gasteiger charge is 2.19. The van der Waals surface area contributed by atoms with Gasteiger partial charge < -0.3 is 5.32 Å². The van der Waals surface area contributed by atoms with E-state index in [1.807, 2.05) is 6.92 Å². The molecule has 142 valence electrons. The molecule has 0 aliphatic carbocycles. The third kappa shape index (κ3) is 3.57. The lowest BCUT2D eigenvalue weighted by Gasteiger charge is -2.17. The molecule has 1 aliphatic rings. The van der Waals surface area contributed by atoms with Gasteiger partial charge in [0.25, 0.3) is 5.91 Å². The summed E-state index contributed by atoms with van der Waals surface area (Å²) < 4.78 is 3.80. The van der Waals surface area contributed by atoms with Gasteiger partial charge in [0.05, 0.1) is 23.6 Å². The highest BCUT2D eigenvalue weighted by molar-refractivity contribution is 5.94. The Morgan fingerprint density at radius 1 is 1.33 bits per heavy atom. The van der Waals surface area contributed by atoms with Crippen molar-refractivity contribution in [2.24, 2.45) is 0 Å². The number of aromatic nitrogens is 5. The van der Waals surface area contributed by atoms with E-state index in [9.17, 15) is 4.79 Å². The van der Waals surface area contributed by atoms with Crippen molar-refractivity contribution in [2.45, 2.75) is 46.3 Å². The zero-order valence-electron chi connectivity index (χ0n) is 15.9. The lowest BCUT2D eigenvalue weighted by molar-refractivity contribution is 0.0943. The van der Waals surface area contributed by atoms with Gasteiger partial charge in [-0.2, -0.15) is 5.10 Å². The normalized spacial score (nSPS) is 14.9. The second kappa shape index (κ2) is 7.48. The van der Waals surface area contributed by atoms with E-state index in [1.54, 1.807) is 22.9 Å². The lowest BCUT2D eigenvalue weighted by atomic mass is 10.3. The molecule has 8 nitrogen and oxygen atoms in total. The average Bonchev–Trinajstić information content (AvgIpc) is 3.13. The summed E-state index contributed by atoms with van der Waals surface area (Å²) >= 11 is 0. The Hall–Kier alpha value is -2.74. The van der Waals surface area contributed by atoms with Crippen LogP contribution >= 0.6 is 0 Å². The van der Waals surface area contributed by atoms with Crippen molar-refractivity contribution in [2.75, 3.05) is 13.1 Å². The molecule has 4 rings (SSSR count). The van der Waals surface area contributed by atoms with Crippen LogP contribution in [0.2, 0.25) is 0 Å². The molecule has 27 heavy (non-hydrogen) atoms. The van der Waals surface area contributed by atoms with Gasteiger partial charge in [-0.3, -0.25) is 18.8 Å². The van der Waals surface area contributed by atoms with Gasteiger partial charge >= 0.3 is 0 Å². The molecule has 0 spiro atoms. The van der Waals surface area contributed by atoms with Crippen molar-refractivity contribution in [3.8, 4) is 0 Å². The Morgan fingerprint density at radius 2 is 2.22 bits per heavy atom. The fourth-order valence-electron chi connectivity index (χ4n) is 3.71. The maximum Gasteiger partial charge on any atom is 0.270 e. The minimum atomic E-state index is -0.163. The summed E-state index contributed by atoms with van der Waals surface area (Å²) in [4.78, 5) is 23.7. The molecule has 0 saturated carbocycles. The molecule has 0 saturated heterocycles. The number of amides is 1. The number of hydrogen-bond donors (Lipinski definition) is 1. The van der Waals surface area contributed by atoms with Crippen LogP contribution in [0.3, 0.4) is 0 Å². The average molecular weight is 367 g/mol. The molecule has 3 aromatic rings. The third-order valence-corrected chi connectivity index (χ3v) is 4.91. The van der Waals surface area contributed by atoms with Gasteiger partial charge in [0.1, 0.15) is 5.69 Å². The molecule has 3 aromatic heterocycles. The molecular weight excluding hydrogens is 342 g/mol. The zero-order chi connectivity index (χ0) is 18.8. The van der Waals surface area contributed by atoms with Crippen molar-refractivity contribution >= 4 is 11.7 Å². The molecule has 4 heterocycles. The molecule has 1 N–H and O–H groups in total. The Kier molecular flexibility index (Phi) is 4.89.